The summed E-state index contributed by atoms with van der Waals surface area (Å²) in [6.07, 6.45) is 2.41. The second-order valence-electron chi connectivity index (χ2n) is 5.06. The van der Waals surface area contributed by atoms with Gasteiger partial charge in [0.15, 0.2) is 0 Å². The van der Waals surface area contributed by atoms with E-state index >= 15 is 0 Å². The standard InChI is InChI=1S/C13H15N3O3S2/c1-21(18,19)16-6-2-3-11(16)13(17)15-9-4-5-10-12(7-9)20-8-14-10/h4-5,7-8,11H,2-3,6H2,1H3,(H,15,17). The third-order valence-electron chi connectivity index (χ3n) is 3.53. The molecule has 1 aromatic heterocycles. The molecule has 1 aliphatic rings. The minimum atomic E-state index is -3.35. The van der Waals surface area contributed by atoms with Gasteiger partial charge in [0.25, 0.3) is 0 Å². The Kier molecular flexibility index (Phi) is 3.68. The van der Waals surface area contributed by atoms with E-state index in [9.17, 15) is 13.2 Å². The van der Waals surface area contributed by atoms with Crippen LogP contribution in [0.25, 0.3) is 10.2 Å². The Balaban J connectivity index is 1.79. The van der Waals surface area contributed by atoms with Crippen molar-refractivity contribution >= 4 is 43.2 Å². The fourth-order valence-electron chi connectivity index (χ4n) is 2.56. The van der Waals surface area contributed by atoms with Crippen molar-refractivity contribution in [3.63, 3.8) is 0 Å². The van der Waals surface area contributed by atoms with Gasteiger partial charge in [-0.05, 0) is 31.0 Å². The highest BCUT2D eigenvalue weighted by molar-refractivity contribution is 7.88. The number of sulfonamides is 1. The summed E-state index contributed by atoms with van der Waals surface area (Å²) < 4.78 is 25.6. The molecule has 1 aliphatic heterocycles. The van der Waals surface area contributed by atoms with Crippen molar-refractivity contribution in [1.82, 2.24) is 9.29 Å². The molecule has 0 aliphatic carbocycles. The summed E-state index contributed by atoms with van der Waals surface area (Å²) in [4.78, 5) is 16.5. The average Bonchev–Trinajstić information content (AvgIpc) is 3.06. The van der Waals surface area contributed by atoms with E-state index in [0.29, 0.717) is 25.1 Å². The molecule has 0 bridgehead atoms. The van der Waals surface area contributed by atoms with Gasteiger partial charge in [0.1, 0.15) is 6.04 Å². The van der Waals surface area contributed by atoms with Crippen LogP contribution in [0.4, 0.5) is 5.69 Å². The lowest BCUT2D eigenvalue weighted by Crippen LogP contribution is -2.42. The van der Waals surface area contributed by atoms with E-state index in [4.69, 9.17) is 0 Å². The Morgan fingerprint density at radius 3 is 3.05 bits per heavy atom. The Labute approximate surface area is 126 Å². The number of fused-ring (bicyclic) bond motifs is 1. The predicted molar refractivity (Wildman–Crippen MR) is 82.8 cm³/mol. The number of hydrogen-bond acceptors (Lipinski definition) is 5. The van der Waals surface area contributed by atoms with Gasteiger partial charge in [0, 0.05) is 12.2 Å². The van der Waals surface area contributed by atoms with Crippen molar-refractivity contribution < 1.29 is 13.2 Å². The zero-order valence-corrected chi connectivity index (χ0v) is 13.1. The molecule has 1 unspecified atom stereocenters. The number of nitrogens with one attached hydrogen (secondary N) is 1. The highest BCUT2D eigenvalue weighted by Gasteiger charge is 2.36. The van der Waals surface area contributed by atoms with Crippen LogP contribution in [0.15, 0.2) is 23.7 Å². The lowest BCUT2D eigenvalue weighted by molar-refractivity contribution is -0.119. The monoisotopic (exact) mass is 325 g/mol. The van der Waals surface area contributed by atoms with Crippen LogP contribution in [-0.2, 0) is 14.8 Å². The maximum atomic E-state index is 12.3. The number of hydrogen-bond donors (Lipinski definition) is 1. The third-order valence-corrected chi connectivity index (χ3v) is 5.61. The van der Waals surface area contributed by atoms with Crippen LogP contribution in [0.2, 0.25) is 0 Å². The number of nitrogens with zero attached hydrogens (tertiary/aromatic N) is 2. The first kappa shape index (κ1) is 14.4. The number of carbonyl (C=O) groups is 1. The van der Waals surface area contributed by atoms with E-state index in [0.717, 1.165) is 16.5 Å². The second-order valence-corrected chi connectivity index (χ2v) is 7.88. The number of rotatable bonds is 3. The van der Waals surface area contributed by atoms with Gasteiger partial charge in [-0.25, -0.2) is 13.4 Å². The maximum absolute atomic E-state index is 12.3. The number of anilines is 1. The van der Waals surface area contributed by atoms with Gasteiger partial charge >= 0.3 is 0 Å². The highest BCUT2D eigenvalue weighted by Crippen LogP contribution is 2.24. The van der Waals surface area contributed by atoms with Crippen molar-refractivity contribution in [3.8, 4) is 0 Å². The van der Waals surface area contributed by atoms with Crippen LogP contribution in [0.3, 0.4) is 0 Å². The zero-order valence-electron chi connectivity index (χ0n) is 11.4. The minimum absolute atomic E-state index is 0.276. The maximum Gasteiger partial charge on any atom is 0.242 e. The van der Waals surface area contributed by atoms with Gasteiger partial charge in [-0.15, -0.1) is 11.3 Å². The van der Waals surface area contributed by atoms with E-state index in [-0.39, 0.29) is 5.91 Å². The van der Waals surface area contributed by atoms with Crippen molar-refractivity contribution in [3.05, 3.63) is 23.7 Å². The molecule has 1 atom stereocenters. The first-order valence-electron chi connectivity index (χ1n) is 6.56. The molecule has 0 saturated carbocycles. The fraction of sp³-hybridized carbons (Fsp3) is 0.385. The normalized spacial score (nSPS) is 20.0. The Morgan fingerprint density at radius 1 is 1.48 bits per heavy atom. The van der Waals surface area contributed by atoms with Crippen LogP contribution in [0, 0.1) is 0 Å². The molecule has 2 heterocycles. The van der Waals surface area contributed by atoms with Gasteiger partial charge in [-0.3, -0.25) is 4.79 Å². The van der Waals surface area contributed by atoms with Crippen molar-refractivity contribution in [2.24, 2.45) is 0 Å². The van der Waals surface area contributed by atoms with Gasteiger partial charge in [-0.2, -0.15) is 4.31 Å². The van der Waals surface area contributed by atoms with Crippen LogP contribution >= 0.6 is 11.3 Å². The summed E-state index contributed by atoms with van der Waals surface area (Å²) >= 11 is 1.50. The number of carbonyl (C=O) groups excluding carboxylic acids is 1. The molecular formula is C13H15N3O3S2. The van der Waals surface area contributed by atoms with Crippen molar-refractivity contribution in [2.75, 3.05) is 18.1 Å². The van der Waals surface area contributed by atoms with E-state index < -0.39 is 16.1 Å². The van der Waals surface area contributed by atoms with Crippen molar-refractivity contribution in [1.29, 1.82) is 0 Å². The molecule has 1 N–H and O–H groups in total. The van der Waals surface area contributed by atoms with E-state index in [1.54, 1.807) is 11.6 Å². The smallest absolute Gasteiger partial charge is 0.242 e. The van der Waals surface area contributed by atoms with Gasteiger partial charge in [0.2, 0.25) is 15.9 Å². The second kappa shape index (κ2) is 5.36. The zero-order chi connectivity index (χ0) is 15.0. The number of aromatic nitrogens is 1. The molecule has 0 spiro atoms. The molecule has 21 heavy (non-hydrogen) atoms. The first-order valence-corrected chi connectivity index (χ1v) is 9.29. The quantitative estimate of drug-likeness (QED) is 0.931. The largest absolute Gasteiger partial charge is 0.325 e. The molecular weight excluding hydrogens is 310 g/mol. The predicted octanol–water partition coefficient (Wildman–Crippen LogP) is 1.66. The molecule has 1 aromatic carbocycles. The fourth-order valence-corrected chi connectivity index (χ4v) is 4.40. The van der Waals surface area contributed by atoms with Gasteiger partial charge < -0.3 is 5.32 Å². The van der Waals surface area contributed by atoms with E-state index in [1.165, 1.54) is 15.6 Å². The van der Waals surface area contributed by atoms with Crippen LogP contribution in [-0.4, -0.2) is 42.5 Å². The summed E-state index contributed by atoms with van der Waals surface area (Å²) in [6.45, 7) is 0.408. The summed E-state index contributed by atoms with van der Waals surface area (Å²) in [7, 11) is -3.35. The molecule has 0 radical (unpaired) electrons. The highest BCUT2D eigenvalue weighted by atomic mass is 32.2. The minimum Gasteiger partial charge on any atom is -0.325 e. The number of benzene rings is 1. The Hall–Kier alpha value is -1.51. The SMILES string of the molecule is CS(=O)(=O)N1CCCC1C(=O)Nc1ccc2ncsc2c1. The molecule has 6 nitrogen and oxygen atoms in total. The molecule has 1 saturated heterocycles. The first-order chi connectivity index (χ1) is 9.95. The van der Waals surface area contributed by atoms with Crippen molar-refractivity contribution in [2.45, 2.75) is 18.9 Å². The number of thiazole rings is 1. The summed E-state index contributed by atoms with van der Waals surface area (Å²) in [5.74, 6) is -0.276. The lowest BCUT2D eigenvalue weighted by Gasteiger charge is -2.21. The molecule has 1 fully saturated rings. The van der Waals surface area contributed by atoms with Gasteiger partial charge in [0.05, 0.1) is 22.0 Å². The van der Waals surface area contributed by atoms with E-state index in [2.05, 4.69) is 10.3 Å². The topological polar surface area (TPSA) is 79.4 Å². The van der Waals surface area contributed by atoms with Crippen LogP contribution in [0.5, 0.6) is 0 Å². The molecule has 1 amide bonds. The average molecular weight is 325 g/mol. The van der Waals surface area contributed by atoms with Crippen LogP contribution in [0.1, 0.15) is 12.8 Å². The van der Waals surface area contributed by atoms with E-state index in [1.807, 2.05) is 12.1 Å². The molecule has 8 heteroatoms. The summed E-state index contributed by atoms with van der Waals surface area (Å²) in [5, 5.41) is 2.80. The Morgan fingerprint density at radius 2 is 2.29 bits per heavy atom. The lowest BCUT2D eigenvalue weighted by atomic mass is 10.2. The molecule has 2 aromatic rings. The van der Waals surface area contributed by atoms with Crippen LogP contribution < -0.4 is 5.32 Å². The van der Waals surface area contributed by atoms with Gasteiger partial charge in [-0.1, -0.05) is 0 Å². The Bertz CT molecular complexity index is 785. The summed E-state index contributed by atoms with van der Waals surface area (Å²) in [5.41, 5.74) is 3.30. The molecule has 3 rings (SSSR count). The molecule has 112 valence electrons. The third kappa shape index (κ3) is 2.92. The summed E-state index contributed by atoms with van der Waals surface area (Å²) in [6, 6.07) is 4.85. The number of amides is 1.